The van der Waals surface area contributed by atoms with Gasteiger partial charge in [0.2, 0.25) is 0 Å². The van der Waals surface area contributed by atoms with Gasteiger partial charge in [-0.15, -0.1) is 0 Å². The largest absolute Gasteiger partial charge is 0.269 e. The molecule has 0 bridgehead atoms. The quantitative estimate of drug-likeness (QED) is 0.293. The second-order valence-electron chi connectivity index (χ2n) is 0. The van der Waals surface area contributed by atoms with Gasteiger partial charge in [-0.05, 0) is 0 Å². The standard InChI is InChI=1S/5B2.5FH/c5*1-2;;;;;/h;;;;;5*1H. The molecule has 0 aromatic carbocycles. The van der Waals surface area contributed by atoms with Gasteiger partial charge in [0.05, 0.1) is 0 Å². The predicted octanol–water partition coefficient (Wildman–Crippen LogP) is -3.05. The topological polar surface area (TPSA) is 0 Å². The minimum atomic E-state index is 0. The molecule has 15 heteroatoms. The summed E-state index contributed by atoms with van der Waals surface area (Å²) < 4.78 is 0. The predicted molar refractivity (Wildman–Crippen MR) is 70.1 cm³/mol. The lowest BCUT2D eigenvalue weighted by atomic mass is 9.81. The molecule has 0 aromatic heterocycles. The van der Waals surface area contributed by atoms with E-state index < -0.39 is 0 Å². The Morgan fingerprint density at radius 1 is 0.200 bits per heavy atom. The lowest BCUT2D eigenvalue weighted by molar-refractivity contribution is 1.11. The number of hydrogen-bond donors (Lipinski definition) is 0. The van der Waals surface area contributed by atoms with Crippen molar-refractivity contribution in [1.82, 2.24) is 0 Å². The Morgan fingerprint density at radius 3 is 0.200 bits per heavy atom. The SMILES string of the molecule is F.F.F.F.F.[B][B].[B][B].[B][B].[B][B].[B][B]. The summed E-state index contributed by atoms with van der Waals surface area (Å²) in [5.41, 5.74) is 0. The van der Waals surface area contributed by atoms with Gasteiger partial charge in [0.15, 0.2) is 0 Å². The summed E-state index contributed by atoms with van der Waals surface area (Å²) in [6.45, 7) is 0. The molecule has 0 spiro atoms. The van der Waals surface area contributed by atoms with Gasteiger partial charge < -0.3 is 0 Å². The average molecular weight is 208 g/mol. The maximum absolute atomic E-state index is 4.00. The molecule has 0 heterocycles. The Balaban J connectivity index is -0.00000000240. The average Bonchev–Trinajstić information content (AvgIpc) is 2.20. The fraction of sp³-hybridized carbons (Fsp3) is 0. The first-order chi connectivity index (χ1) is 5.00. The van der Waals surface area contributed by atoms with E-state index in [0.29, 0.717) is 0 Å². The van der Waals surface area contributed by atoms with Crippen LogP contribution in [0.4, 0.5) is 23.5 Å². The summed E-state index contributed by atoms with van der Waals surface area (Å²) in [5.74, 6) is 0. The molecular formula is H5B10F5. The monoisotopic (exact) mass is 210 g/mol. The first-order valence-electron chi connectivity index (χ1n) is 1.67. The zero-order valence-electron chi connectivity index (χ0n) is 7.81. The molecule has 0 aliphatic carbocycles. The highest BCUT2D eigenvalue weighted by Crippen LogP contribution is 0.627. The summed E-state index contributed by atoms with van der Waals surface area (Å²) in [6.07, 6.45) is 0. The van der Waals surface area contributed by atoms with Crippen LogP contribution in [0.2, 0.25) is 0 Å². The summed E-state index contributed by atoms with van der Waals surface area (Å²) in [6, 6.07) is 0. The van der Waals surface area contributed by atoms with Gasteiger partial charge >= 0.3 is 0 Å². The molecule has 0 aliphatic heterocycles. The molecule has 0 atom stereocenters. The molecule has 0 saturated carbocycles. The van der Waals surface area contributed by atoms with E-state index in [-0.39, 0.29) is 23.5 Å². The van der Waals surface area contributed by atoms with Crippen molar-refractivity contribution < 1.29 is 23.5 Å². The molecule has 0 saturated heterocycles. The molecule has 0 unspecified atom stereocenters. The van der Waals surface area contributed by atoms with Crippen molar-refractivity contribution in [2.75, 3.05) is 0 Å². The number of rotatable bonds is 0. The lowest BCUT2D eigenvalue weighted by Gasteiger charge is -1.00. The summed E-state index contributed by atoms with van der Waals surface area (Å²) in [4.78, 5) is 0. The Labute approximate surface area is 101 Å². The molecule has 0 amide bonds. The Morgan fingerprint density at radius 2 is 0.200 bits per heavy atom. The van der Waals surface area contributed by atoms with Crippen LogP contribution in [0.5, 0.6) is 0 Å². The molecule has 0 aromatic rings. The van der Waals surface area contributed by atoms with Gasteiger partial charge in [0.25, 0.3) is 0 Å². The van der Waals surface area contributed by atoms with Crippen LogP contribution in [-0.4, -0.2) is 77.4 Å². The van der Waals surface area contributed by atoms with Crippen molar-refractivity contribution in [2.24, 2.45) is 0 Å². The molecule has 0 aliphatic rings. The third-order valence-corrected chi connectivity index (χ3v) is 0. The first-order valence-corrected chi connectivity index (χ1v) is 1.67. The minimum absolute atomic E-state index is 0. The minimum Gasteiger partial charge on any atom is -0.269 e. The Kier molecular flexibility index (Phi) is 210000. The summed E-state index contributed by atoms with van der Waals surface area (Å²) >= 11 is 0. The van der Waals surface area contributed by atoms with E-state index in [2.05, 4.69) is 77.4 Å². The van der Waals surface area contributed by atoms with Gasteiger partial charge in [0.1, 0.15) is 0 Å². The molecule has 70 valence electrons. The Hall–Kier alpha value is 0.299. The second-order valence-corrected chi connectivity index (χ2v) is 0. The normalized spacial score (nSPS) is 1.33. The molecule has 0 N–H and O–H groups in total. The molecule has 0 rings (SSSR count). The van der Waals surface area contributed by atoms with Crippen LogP contribution < -0.4 is 0 Å². The highest BCUT2D eigenvalue weighted by molar-refractivity contribution is 6.76. The van der Waals surface area contributed by atoms with Crippen LogP contribution in [0.15, 0.2) is 0 Å². The van der Waals surface area contributed by atoms with E-state index in [1.54, 1.807) is 0 Å². The third kappa shape index (κ3) is 24100. The Bertz CT molecular complexity index is 13.8. The van der Waals surface area contributed by atoms with Gasteiger partial charge in [-0.2, -0.15) is 0 Å². The molecule has 0 nitrogen and oxygen atoms in total. The van der Waals surface area contributed by atoms with Crippen molar-refractivity contribution >= 4 is 77.4 Å². The fourth-order valence-electron chi connectivity index (χ4n) is 0. The summed E-state index contributed by atoms with van der Waals surface area (Å²) in [5, 5.41) is 0. The van der Waals surface area contributed by atoms with Crippen molar-refractivity contribution in [3.63, 3.8) is 0 Å². The van der Waals surface area contributed by atoms with E-state index in [4.69, 9.17) is 0 Å². The maximum Gasteiger partial charge on any atom is 0 e. The van der Waals surface area contributed by atoms with Crippen LogP contribution >= 0.6 is 0 Å². The molecular weight excluding hydrogens is 203 g/mol. The van der Waals surface area contributed by atoms with Crippen LogP contribution in [-0.2, 0) is 0 Å². The summed E-state index contributed by atoms with van der Waals surface area (Å²) in [7, 11) is 40.0. The molecule has 15 heavy (non-hydrogen) atoms. The highest BCUT2D eigenvalue weighted by Gasteiger charge is 1.01. The van der Waals surface area contributed by atoms with Gasteiger partial charge in [-0.25, -0.2) is 0 Å². The van der Waals surface area contributed by atoms with Gasteiger partial charge in [0, 0.05) is 77.4 Å². The van der Waals surface area contributed by atoms with E-state index in [0.717, 1.165) is 0 Å². The van der Waals surface area contributed by atoms with Crippen molar-refractivity contribution in [2.45, 2.75) is 0 Å². The van der Waals surface area contributed by atoms with Crippen LogP contribution in [0.1, 0.15) is 0 Å². The van der Waals surface area contributed by atoms with Crippen LogP contribution in [0.3, 0.4) is 0 Å². The molecule has 20 radical (unpaired) electrons. The first kappa shape index (κ1) is 111. The van der Waals surface area contributed by atoms with Crippen LogP contribution in [0, 0.1) is 0 Å². The molecule has 0 fully saturated rings. The van der Waals surface area contributed by atoms with Gasteiger partial charge in [-0.1, -0.05) is 0 Å². The smallest absolute Gasteiger partial charge is 0 e. The lowest BCUT2D eigenvalue weighted by Crippen LogP contribution is -1.38. The van der Waals surface area contributed by atoms with Crippen molar-refractivity contribution in [3.8, 4) is 0 Å². The van der Waals surface area contributed by atoms with Crippen LogP contribution in [0.25, 0.3) is 0 Å². The van der Waals surface area contributed by atoms with E-state index >= 15 is 0 Å². The van der Waals surface area contributed by atoms with Crippen molar-refractivity contribution in [3.05, 3.63) is 0 Å². The zero-order valence-corrected chi connectivity index (χ0v) is 7.81. The zero-order chi connectivity index (χ0) is 10.0. The maximum atomic E-state index is 4.00. The number of hydrogen-bond acceptors (Lipinski definition) is 0. The van der Waals surface area contributed by atoms with E-state index in [9.17, 15) is 0 Å². The van der Waals surface area contributed by atoms with E-state index in [1.807, 2.05) is 0 Å². The second kappa shape index (κ2) is 28200. The number of halogens is 5. The van der Waals surface area contributed by atoms with Crippen molar-refractivity contribution in [1.29, 1.82) is 0 Å². The third-order valence-electron chi connectivity index (χ3n) is 0. The fourth-order valence-corrected chi connectivity index (χ4v) is 0. The van der Waals surface area contributed by atoms with Gasteiger partial charge in [-0.3, -0.25) is 23.5 Å². The highest BCUT2D eigenvalue weighted by atomic mass is 19.0. The van der Waals surface area contributed by atoms with E-state index in [1.165, 1.54) is 0 Å².